The van der Waals surface area contributed by atoms with Gasteiger partial charge in [-0.05, 0) is 36.6 Å². The summed E-state index contributed by atoms with van der Waals surface area (Å²) < 4.78 is 2.31. The molecule has 4 heteroatoms. The monoisotopic (exact) mass is 260 g/mol. The Labute approximate surface area is 110 Å². The van der Waals surface area contributed by atoms with Gasteiger partial charge >= 0.3 is 0 Å². The van der Waals surface area contributed by atoms with Crippen LogP contribution in [-0.2, 0) is 0 Å². The van der Waals surface area contributed by atoms with Crippen LogP contribution in [0.15, 0.2) is 24.0 Å². The molecule has 0 amide bonds. The summed E-state index contributed by atoms with van der Waals surface area (Å²) in [5.74, 6) is 0.557. The van der Waals surface area contributed by atoms with Crippen LogP contribution >= 0.6 is 11.3 Å². The quantitative estimate of drug-likeness (QED) is 0.855. The lowest BCUT2D eigenvalue weighted by molar-refractivity contribution is 0.0892. The number of fused-ring (bicyclic) bond motifs is 3. The van der Waals surface area contributed by atoms with Gasteiger partial charge in [-0.1, -0.05) is 6.42 Å². The van der Waals surface area contributed by atoms with E-state index >= 15 is 0 Å². The Morgan fingerprint density at radius 2 is 2.33 bits per heavy atom. The van der Waals surface area contributed by atoms with Gasteiger partial charge in [0.2, 0.25) is 0 Å². The van der Waals surface area contributed by atoms with E-state index in [4.69, 9.17) is 0 Å². The number of aromatic nitrogens is 2. The molecule has 3 nitrogen and oxygen atoms in total. The van der Waals surface area contributed by atoms with E-state index in [-0.39, 0.29) is 6.10 Å². The molecule has 1 fully saturated rings. The van der Waals surface area contributed by atoms with Gasteiger partial charge in [0.15, 0.2) is 0 Å². The lowest BCUT2D eigenvalue weighted by Gasteiger charge is -2.31. The van der Waals surface area contributed by atoms with Gasteiger partial charge in [0, 0.05) is 10.4 Å². The minimum atomic E-state index is -0.111. The fourth-order valence-corrected chi connectivity index (χ4v) is 4.65. The van der Waals surface area contributed by atoms with E-state index in [1.165, 1.54) is 22.6 Å². The van der Waals surface area contributed by atoms with E-state index < -0.39 is 0 Å². The molecule has 0 bridgehead atoms. The van der Waals surface area contributed by atoms with E-state index in [1.54, 1.807) is 0 Å². The van der Waals surface area contributed by atoms with Crippen molar-refractivity contribution >= 4 is 11.3 Å². The van der Waals surface area contributed by atoms with Gasteiger partial charge in [-0.3, -0.25) is 0 Å². The third-order valence-electron chi connectivity index (χ3n) is 4.34. The average molecular weight is 260 g/mol. The molecule has 18 heavy (non-hydrogen) atoms. The summed E-state index contributed by atoms with van der Waals surface area (Å²) in [5, 5.41) is 12.1. The van der Waals surface area contributed by atoms with Crippen LogP contribution in [0.2, 0.25) is 0 Å². The van der Waals surface area contributed by atoms with Crippen LogP contribution in [0, 0.1) is 5.92 Å². The third-order valence-corrected chi connectivity index (χ3v) is 5.33. The average Bonchev–Trinajstić information content (AvgIpc) is 2.99. The standard InChI is InChI=1S/C14H16N2OS/c17-10-3-1-2-9(6-10)13-14-11(4-5-18-14)12-7-15-8-16(12)13/h4-5,7-10,13,17H,1-3,6H2/t9-,10-,13-/m0/s1. The van der Waals surface area contributed by atoms with Crippen molar-refractivity contribution < 1.29 is 5.11 Å². The summed E-state index contributed by atoms with van der Waals surface area (Å²) in [5.41, 5.74) is 2.60. The van der Waals surface area contributed by atoms with Crippen LogP contribution in [0.25, 0.3) is 11.3 Å². The first-order valence-electron chi connectivity index (χ1n) is 6.62. The number of aliphatic hydroxyl groups is 1. The maximum absolute atomic E-state index is 9.92. The smallest absolute Gasteiger partial charge is 0.0957 e. The molecule has 1 aliphatic heterocycles. The van der Waals surface area contributed by atoms with Crippen molar-refractivity contribution in [3.05, 3.63) is 28.8 Å². The van der Waals surface area contributed by atoms with E-state index in [9.17, 15) is 5.11 Å². The van der Waals surface area contributed by atoms with Crippen LogP contribution in [0.4, 0.5) is 0 Å². The Kier molecular flexibility index (Phi) is 2.35. The van der Waals surface area contributed by atoms with Crippen LogP contribution < -0.4 is 0 Å². The number of aliphatic hydroxyl groups excluding tert-OH is 1. The molecule has 0 saturated heterocycles. The van der Waals surface area contributed by atoms with Crippen molar-refractivity contribution in [2.45, 2.75) is 37.8 Å². The molecule has 3 atom stereocenters. The molecular weight excluding hydrogens is 244 g/mol. The van der Waals surface area contributed by atoms with E-state index in [0.717, 1.165) is 19.3 Å². The van der Waals surface area contributed by atoms with Gasteiger partial charge < -0.3 is 9.67 Å². The second-order valence-electron chi connectivity index (χ2n) is 5.41. The maximum atomic E-state index is 9.92. The Morgan fingerprint density at radius 3 is 3.22 bits per heavy atom. The molecular formula is C14H16N2OS. The van der Waals surface area contributed by atoms with Crippen molar-refractivity contribution in [2.75, 3.05) is 0 Å². The SMILES string of the molecule is O[C@H]1CCC[C@H]([C@H]2c3sccc3-c3cncn32)C1. The summed E-state index contributed by atoms with van der Waals surface area (Å²) in [4.78, 5) is 5.76. The highest BCUT2D eigenvalue weighted by Crippen LogP contribution is 2.49. The molecule has 0 radical (unpaired) electrons. The zero-order valence-electron chi connectivity index (χ0n) is 10.1. The molecule has 1 saturated carbocycles. The summed E-state index contributed by atoms with van der Waals surface area (Å²) in [6.45, 7) is 0. The second kappa shape index (κ2) is 3.93. The second-order valence-corrected chi connectivity index (χ2v) is 6.36. The Bertz CT molecular complexity index is 534. The highest BCUT2D eigenvalue weighted by Gasteiger charge is 2.37. The molecule has 0 unspecified atom stereocenters. The predicted molar refractivity (Wildman–Crippen MR) is 71.6 cm³/mol. The molecule has 4 rings (SSSR count). The first kappa shape index (κ1) is 10.8. The maximum Gasteiger partial charge on any atom is 0.0957 e. The van der Waals surface area contributed by atoms with Gasteiger partial charge in [0.1, 0.15) is 0 Å². The Balaban J connectivity index is 1.77. The van der Waals surface area contributed by atoms with Crippen LogP contribution in [0.5, 0.6) is 0 Å². The number of thiophene rings is 1. The Morgan fingerprint density at radius 1 is 1.39 bits per heavy atom. The van der Waals surface area contributed by atoms with E-state index in [0.29, 0.717) is 12.0 Å². The predicted octanol–water partition coefficient (Wildman–Crippen LogP) is 3.07. The van der Waals surface area contributed by atoms with Gasteiger partial charge in [-0.2, -0.15) is 0 Å². The van der Waals surface area contributed by atoms with E-state index in [2.05, 4.69) is 21.0 Å². The first-order valence-corrected chi connectivity index (χ1v) is 7.50. The van der Waals surface area contributed by atoms with Crippen LogP contribution in [-0.4, -0.2) is 20.8 Å². The molecule has 2 aromatic heterocycles. The molecule has 0 spiro atoms. The van der Waals surface area contributed by atoms with Crippen molar-refractivity contribution in [1.29, 1.82) is 0 Å². The van der Waals surface area contributed by atoms with Crippen molar-refractivity contribution in [3.8, 4) is 11.3 Å². The van der Waals surface area contributed by atoms with Gasteiger partial charge in [0.05, 0.1) is 30.4 Å². The molecule has 3 heterocycles. The zero-order valence-corrected chi connectivity index (χ0v) is 10.9. The van der Waals surface area contributed by atoms with Crippen LogP contribution in [0.1, 0.15) is 36.6 Å². The summed E-state index contributed by atoms with van der Waals surface area (Å²) in [6, 6.07) is 2.61. The number of imidazole rings is 1. The van der Waals surface area contributed by atoms with Crippen molar-refractivity contribution in [1.82, 2.24) is 9.55 Å². The number of rotatable bonds is 1. The minimum Gasteiger partial charge on any atom is -0.393 e. The lowest BCUT2D eigenvalue weighted by Crippen LogP contribution is -2.26. The highest BCUT2D eigenvalue weighted by molar-refractivity contribution is 7.10. The number of hydrogen-bond donors (Lipinski definition) is 1. The topological polar surface area (TPSA) is 38.1 Å². The number of nitrogens with zero attached hydrogens (tertiary/aromatic N) is 2. The van der Waals surface area contributed by atoms with Gasteiger partial charge in [-0.15, -0.1) is 11.3 Å². The minimum absolute atomic E-state index is 0.111. The normalized spacial score (nSPS) is 30.2. The molecule has 94 valence electrons. The summed E-state index contributed by atoms with van der Waals surface area (Å²) in [7, 11) is 0. The summed E-state index contributed by atoms with van der Waals surface area (Å²) in [6.07, 6.45) is 8.07. The van der Waals surface area contributed by atoms with Gasteiger partial charge in [-0.25, -0.2) is 4.98 Å². The first-order chi connectivity index (χ1) is 8.84. The number of hydrogen-bond acceptors (Lipinski definition) is 3. The highest BCUT2D eigenvalue weighted by atomic mass is 32.1. The largest absolute Gasteiger partial charge is 0.393 e. The zero-order chi connectivity index (χ0) is 12.1. The van der Waals surface area contributed by atoms with Gasteiger partial charge in [0.25, 0.3) is 0 Å². The fraction of sp³-hybridized carbons (Fsp3) is 0.500. The molecule has 1 N–H and O–H groups in total. The molecule has 0 aromatic carbocycles. The molecule has 2 aromatic rings. The fourth-order valence-electron chi connectivity index (χ4n) is 3.55. The van der Waals surface area contributed by atoms with Crippen LogP contribution in [0.3, 0.4) is 0 Å². The van der Waals surface area contributed by atoms with Crippen molar-refractivity contribution in [3.63, 3.8) is 0 Å². The van der Waals surface area contributed by atoms with Crippen molar-refractivity contribution in [2.24, 2.45) is 5.92 Å². The third kappa shape index (κ3) is 1.42. The van der Waals surface area contributed by atoms with E-state index in [1.807, 2.05) is 23.9 Å². The molecule has 2 aliphatic rings. The lowest BCUT2D eigenvalue weighted by atomic mass is 9.82. The summed E-state index contributed by atoms with van der Waals surface area (Å²) >= 11 is 1.85. The Hall–Kier alpha value is -1.13. The molecule has 1 aliphatic carbocycles.